The molecule has 0 amide bonds. The van der Waals surface area contributed by atoms with Gasteiger partial charge in [-0.3, -0.25) is 0 Å². The number of benzene rings is 1. The van der Waals surface area contributed by atoms with Gasteiger partial charge in [-0.2, -0.15) is 0 Å². The lowest BCUT2D eigenvalue weighted by Crippen LogP contribution is -2.40. The Morgan fingerprint density at radius 3 is 1.96 bits per heavy atom. The first-order valence-electron chi connectivity index (χ1n) is 9.81. The molecule has 2 saturated heterocycles. The normalized spacial score (nSPS) is 19.9. The van der Waals surface area contributed by atoms with Crippen molar-refractivity contribution in [2.45, 2.75) is 30.6 Å². The maximum Gasteiger partial charge on any atom is 0.186 e. The molecular weight excluding hydrogens is 458 g/mol. The van der Waals surface area contributed by atoms with Crippen LogP contribution in [0.15, 0.2) is 39.1 Å². The highest BCUT2D eigenvalue weighted by Crippen LogP contribution is 2.36. The highest BCUT2D eigenvalue weighted by molar-refractivity contribution is 9.11. The number of rotatable bonds is 4. The molecular formula is C20H26BrN3O2S2. The van der Waals surface area contributed by atoms with Gasteiger partial charge in [0.05, 0.1) is 14.9 Å². The average molecular weight is 484 g/mol. The molecule has 0 unspecified atom stereocenters. The number of sulfone groups is 1. The van der Waals surface area contributed by atoms with E-state index in [0.717, 1.165) is 52.6 Å². The van der Waals surface area contributed by atoms with Crippen molar-refractivity contribution in [1.29, 1.82) is 0 Å². The molecule has 1 aromatic carbocycles. The lowest BCUT2D eigenvalue weighted by atomic mass is 9.79. The smallest absolute Gasteiger partial charge is 0.186 e. The van der Waals surface area contributed by atoms with Gasteiger partial charge in [0, 0.05) is 38.1 Å². The Balaban J connectivity index is 1.29. The summed E-state index contributed by atoms with van der Waals surface area (Å²) in [5.74, 6) is 1.62. The molecule has 1 aromatic heterocycles. The van der Waals surface area contributed by atoms with Crippen LogP contribution in [0.4, 0.5) is 10.8 Å². The molecule has 4 rings (SSSR count). The molecule has 0 spiro atoms. The molecule has 8 heteroatoms. The molecule has 2 fully saturated rings. The molecule has 0 N–H and O–H groups in total. The van der Waals surface area contributed by atoms with Crippen molar-refractivity contribution in [3.63, 3.8) is 0 Å². The van der Waals surface area contributed by atoms with E-state index in [0.29, 0.717) is 4.90 Å². The first-order chi connectivity index (χ1) is 13.4. The van der Waals surface area contributed by atoms with Crippen LogP contribution in [0.3, 0.4) is 0 Å². The summed E-state index contributed by atoms with van der Waals surface area (Å²) in [4.78, 5) is 9.70. The number of hydrogen-bond acceptors (Lipinski definition) is 6. The summed E-state index contributed by atoms with van der Waals surface area (Å²) in [7, 11) is -3.13. The number of hydrogen-bond donors (Lipinski definition) is 0. The van der Waals surface area contributed by atoms with E-state index in [-0.39, 0.29) is 0 Å². The molecule has 0 saturated carbocycles. The fourth-order valence-corrected chi connectivity index (χ4v) is 6.35. The summed E-state index contributed by atoms with van der Waals surface area (Å²) >= 11 is 5.23. The zero-order chi connectivity index (χ0) is 19.7. The Bertz CT molecular complexity index is 898. The molecule has 5 nitrogen and oxygen atoms in total. The second-order valence-electron chi connectivity index (χ2n) is 7.86. The molecule has 0 bridgehead atoms. The average Bonchev–Trinajstić information content (AvgIpc) is 3.14. The fourth-order valence-electron chi connectivity index (χ4n) is 4.49. The molecule has 28 heavy (non-hydrogen) atoms. The van der Waals surface area contributed by atoms with E-state index in [1.165, 1.54) is 31.9 Å². The Morgan fingerprint density at radius 2 is 1.50 bits per heavy atom. The largest absolute Gasteiger partial charge is 0.372 e. The van der Waals surface area contributed by atoms with Gasteiger partial charge in [-0.05, 0) is 77.7 Å². The van der Waals surface area contributed by atoms with Crippen molar-refractivity contribution in [2.75, 3.05) is 42.2 Å². The summed E-state index contributed by atoms with van der Waals surface area (Å²) in [5.41, 5.74) is 1.13. The summed E-state index contributed by atoms with van der Waals surface area (Å²) in [6.45, 7) is 4.33. The number of anilines is 2. The maximum atomic E-state index is 11.6. The van der Waals surface area contributed by atoms with Crippen LogP contribution in [-0.4, -0.2) is 45.8 Å². The van der Waals surface area contributed by atoms with Gasteiger partial charge in [0.25, 0.3) is 0 Å². The number of thiazole rings is 1. The van der Waals surface area contributed by atoms with Gasteiger partial charge in [0.1, 0.15) is 0 Å². The van der Waals surface area contributed by atoms with Crippen molar-refractivity contribution >= 4 is 47.9 Å². The Kier molecular flexibility index (Phi) is 5.99. The highest BCUT2D eigenvalue weighted by Gasteiger charge is 2.30. The Morgan fingerprint density at radius 1 is 0.964 bits per heavy atom. The van der Waals surface area contributed by atoms with Crippen molar-refractivity contribution in [1.82, 2.24) is 4.98 Å². The first-order valence-corrected chi connectivity index (χ1v) is 13.3. The van der Waals surface area contributed by atoms with Gasteiger partial charge < -0.3 is 9.80 Å². The molecule has 0 aliphatic carbocycles. The van der Waals surface area contributed by atoms with E-state index < -0.39 is 9.84 Å². The molecule has 152 valence electrons. The third-order valence-electron chi connectivity index (χ3n) is 6.11. The van der Waals surface area contributed by atoms with Crippen molar-refractivity contribution < 1.29 is 8.42 Å². The van der Waals surface area contributed by atoms with Crippen LogP contribution in [0.1, 0.15) is 25.7 Å². The molecule has 2 aliphatic heterocycles. The summed E-state index contributed by atoms with van der Waals surface area (Å²) in [5, 5.41) is 1.14. The number of nitrogens with zero attached hydrogens (tertiary/aromatic N) is 3. The van der Waals surface area contributed by atoms with Crippen LogP contribution in [0, 0.1) is 11.8 Å². The third kappa shape index (κ3) is 4.54. The summed E-state index contributed by atoms with van der Waals surface area (Å²) in [6, 6.07) is 7.34. The Labute approximate surface area is 179 Å². The van der Waals surface area contributed by atoms with Gasteiger partial charge in [-0.15, -0.1) is 0 Å². The SMILES string of the molecule is CS(=O)(=O)c1ccc(N2CCC(C3CCN(c4ncc(Br)s4)CC3)CC2)cc1. The second-order valence-corrected chi connectivity index (χ2v) is 12.3. The number of halogens is 1. The minimum atomic E-state index is -3.13. The van der Waals surface area contributed by atoms with Crippen LogP contribution in [0.2, 0.25) is 0 Å². The number of piperidine rings is 2. The monoisotopic (exact) mass is 483 g/mol. The zero-order valence-corrected chi connectivity index (χ0v) is 19.3. The lowest BCUT2D eigenvalue weighted by Gasteiger charge is -2.40. The summed E-state index contributed by atoms with van der Waals surface area (Å²) in [6.07, 6.45) is 8.11. The van der Waals surface area contributed by atoms with Crippen molar-refractivity contribution in [2.24, 2.45) is 11.8 Å². The third-order valence-corrected chi connectivity index (χ3v) is 8.78. The van der Waals surface area contributed by atoms with Gasteiger partial charge in [-0.1, -0.05) is 11.3 Å². The van der Waals surface area contributed by atoms with Crippen LogP contribution >= 0.6 is 27.3 Å². The molecule has 0 radical (unpaired) electrons. The summed E-state index contributed by atoms with van der Waals surface area (Å²) < 4.78 is 24.4. The minimum Gasteiger partial charge on any atom is -0.372 e. The fraction of sp³-hybridized carbons (Fsp3) is 0.550. The molecule has 0 atom stereocenters. The minimum absolute atomic E-state index is 0.394. The van der Waals surface area contributed by atoms with Crippen LogP contribution < -0.4 is 9.80 Å². The topological polar surface area (TPSA) is 53.5 Å². The predicted octanol–water partition coefficient (Wildman–Crippen LogP) is 4.44. The van der Waals surface area contributed by atoms with Gasteiger partial charge in [0.2, 0.25) is 0 Å². The Hall–Kier alpha value is -1.12. The van der Waals surface area contributed by atoms with Crippen molar-refractivity contribution in [3.05, 3.63) is 34.2 Å². The van der Waals surface area contributed by atoms with Crippen molar-refractivity contribution in [3.8, 4) is 0 Å². The molecule has 2 aliphatic rings. The van der Waals surface area contributed by atoms with E-state index in [1.807, 2.05) is 18.3 Å². The zero-order valence-electron chi connectivity index (χ0n) is 16.1. The maximum absolute atomic E-state index is 11.6. The van der Waals surface area contributed by atoms with Crippen LogP contribution in [0.25, 0.3) is 0 Å². The van der Waals surface area contributed by atoms with Gasteiger partial charge >= 0.3 is 0 Å². The van der Waals surface area contributed by atoms with E-state index in [1.54, 1.807) is 23.5 Å². The molecule has 2 aromatic rings. The molecule has 3 heterocycles. The van der Waals surface area contributed by atoms with Gasteiger partial charge in [-0.25, -0.2) is 13.4 Å². The quantitative estimate of drug-likeness (QED) is 0.642. The van der Waals surface area contributed by atoms with E-state index in [4.69, 9.17) is 0 Å². The van der Waals surface area contributed by atoms with Gasteiger partial charge in [0.15, 0.2) is 15.0 Å². The number of aromatic nitrogens is 1. The van der Waals surface area contributed by atoms with E-state index in [2.05, 4.69) is 30.7 Å². The van der Waals surface area contributed by atoms with E-state index >= 15 is 0 Å². The van der Waals surface area contributed by atoms with Crippen LogP contribution in [0.5, 0.6) is 0 Å². The standard InChI is InChI=1S/C20H26BrN3O2S2/c1-28(25,26)18-4-2-17(3-5-18)23-10-6-15(7-11-23)16-8-12-24(13-9-16)20-22-14-19(21)27-20/h2-5,14-16H,6-13H2,1H3. The van der Waals surface area contributed by atoms with E-state index in [9.17, 15) is 8.42 Å². The first kappa shape index (κ1) is 20.2. The lowest BCUT2D eigenvalue weighted by molar-refractivity contribution is 0.233. The second kappa shape index (κ2) is 8.32. The predicted molar refractivity (Wildman–Crippen MR) is 119 cm³/mol. The highest BCUT2D eigenvalue weighted by atomic mass is 79.9. The van der Waals surface area contributed by atoms with Crippen LogP contribution in [-0.2, 0) is 9.84 Å².